The first kappa shape index (κ1) is 12.5. The molecule has 6 heteroatoms. The highest BCUT2D eigenvalue weighted by Gasteiger charge is 2.26. The van der Waals surface area contributed by atoms with Gasteiger partial charge in [-0.1, -0.05) is 70.1 Å². The molecule has 2 aromatic rings. The summed E-state index contributed by atoms with van der Waals surface area (Å²) >= 11 is 29.3. The lowest BCUT2D eigenvalue weighted by Gasteiger charge is -2.12. The van der Waals surface area contributed by atoms with Gasteiger partial charge in [0.05, 0.1) is 21.3 Å². The molecule has 16 heavy (non-hydrogen) atoms. The first-order valence-electron chi connectivity index (χ1n) is 4.21. The van der Waals surface area contributed by atoms with Crippen LogP contribution in [-0.4, -0.2) is 4.98 Å². The number of hydrogen-bond donors (Lipinski definition) is 0. The summed E-state index contributed by atoms with van der Waals surface area (Å²) in [5, 5.41) is 1.65. The second kappa shape index (κ2) is 4.40. The van der Waals surface area contributed by atoms with Gasteiger partial charge in [0.15, 0.2) is 0 Å². The number of halogens is 5. The maximum Gasteiger partial charge on any atom is 0.232 e. The van der Waals surface area contributed by atoms with Crippen molar-refractivity contribution in [3.05, 3.63) is 40.0 Å². The quantitative estimate of drug-likeness (QED) is 0.596. The summed E-state index contributed by atoms with van der Waals surface area (Å²) in [6.07, 6.45) is 0. The van der Waals surface area contributed by atoms with Crippen LogP contribution in [0, 0.1) is 0 Å². The van der Waals surface area contributed by atoms with E-state index in [9.17, 15) is 0 Å². The van der Waals surface area contributed by atoms with Crippen LogP contribution < -0.4 is 0 Å². The van der Waals surface area contributed by atoms with E-state index in [0.29, 0.717) is 15.6 Å². The minimum Gasteiger partial charge on any atom is -0.247 e. The van der Waals surface area contributed by atoms with Gasteiger partial charge in [-0.05, 0) is 12.1 Å². The summed E-state index contributed by atoms with van der Waals surface area (Å²) in [5.74, 6) is 0. The van der Waals surface area contributed by atoms with Gasteiger partial charge in [0.1, 0.15) is 0 Å². The smallest absolute Gasteiger partial charge is 0.232 e. The lowest BCUT2D eigenvalue weighted by molar-refractivity contribution is 1.12. The number of hydrogen-bond acceptors (Lipinski definition) is 1. The van der Waals surface area contributed by atoms with Crippen molar-refractivity contribution in [1.29, 1.82) is 0 Å². The van der Waals surface area contributed by atoms with Crippen LogP contribution in [0.25, 0.3) is 10.9 Å². The number of fused-ring (bicyclic) bond motifs is 1. The van der Waals surface area contributed by atoms with Crippen molar-refractivity contribution >= 4 is 68.9 Å². The number of aromatic nitrogens is 1. The molecule has 2 rings (SSSR count). The van der Waals surface area contributed by atoms with Crippen molar-refractivity contribution in [3.8, 4) is 0 Å². The molecular formula is C10H4Cl5N. The number of alkyl halides is 3. The van der Waals surface area contributed by atoms with Crippen LogP contribution in [0.3, 0.4) is 0 Å². The van der Waals surface area contributed by atoms with E-state index in [4.69, 9.17) is 58.0 Å². The predicted molar refractivity (Wildman–Crippen MR) is 71.0 cm³/mol. The fourth-order valence-corrected chi connectivity index (χ4v) is 2.08. The van der Waals surface area contributed by atoms with Gasteiger partial charge in [0, 0.05) is 5.39 Å². The van der Waals surface area contributed by atoms with Crippen LogP contribution >= 0.6 is 58.0 Å². The zero-order valence-corrected chi connectivity index (χ0v) is 11.4. The highest BCUT2D eigenvalue weighted by molar-refractivity contribution is 6.66. The molecule has 0 saturated carbocycles. The number of rotatable bonds is 0. The van der Waals surface area contributed by atoms with E-state index < -0.39 is 3.79 Å². The third-order valence-electron chi connectivity index (χ3n) is 2.03. The molecule has 0 aliphatic heterocycles. The molecule has 0 atom stereocenters. The molecule has 84 valence electrons. The van der Waals surface area contributed by atoms with E-state index in [0.717, 1.165) is 5.39 Å². The molecule has 0 saturated heterocycles. The SMILES string of the molecule is Clc1cc(C(Cl)(Cl)Cl)nc2c(Cl)cccc12. The predicted octanol–water partition coefficient (Wildman–Crippen LogP) is 5.37. The van der Waals surface area contributed by atoms with E-state index in [1.165, 1.54) is 6.07 Å². The summed E-state index contributed by atoms with van der Waals surface area (Å²) in [6, 6.07) is 6.81. The van der Waals surface area contributed by atoms with Crippen LogP contribution in [0.2, 0.25) is 10.0 Å². The molecule has 0 fully saturated rings. The first-order chi connectivity index (χ1) is 7.39. The maximum absolute atomic E-state index is 6.07. The maximum atomic E-state index is 6.07. The molecule has 0 N–H and O–H groups in total. The number of benzene rings is 1. The summed E-state index contributed by atoms with van der Waals surface area (Å²) < 4.78 is -1.61. The largest absolute Gasteiger partial charge is 0.247 e. The third-order valence-corrected chi connectivity index (χ3v) is 3.23. The van der Waals surface area contributed by atoms with Gasteiger partial charge in [0.2, 0.25) is 3.79 Å². The van der Waals surface area contributed by atoms with Gasteiger partial charge >= 0.3 is 0 Å². The van der Waals surface area contributed by atoms with E-state index in [1.54, 1.807) is 18.2 Å². The Bertz CT molecular complexity index is 547. The normalized spacial score (nSPS) is 12.1. The minimum atomic E-state index is -1.61. The average molecular weight is 315 g/mol. The van der Waals surface area contributed by atoms with Crippen LogP contribution in [0.15, 0.2) is 24.3 Å². The molecule has 0 aliphatic rings. The van der Waals surface area contributed by atoms with Gasteiger partial charge < -0.3 is 0 Å². The van der Waals surface area contributed by atoms with Gasteiger partial charge in [-0.15, -0.1) is 0 Å². The summed E-state index contributed by atoms with van der Waals surface area (Å²) in [6.45, 7) is 0. The monoisotopic (exact) mass is 313 g/mol. The van der Waals surface area contributed by atoms with Gasteiger partial charge in [0.25, 0.3) is 0 Å². The molecule has 1 heterocycles. The molecule has 0 unspecified atom stereocenters. The lowest BCUT2D eigenvalue weighted by Crippen LogP contribution is -2.03. The summed E-state index contributed by atoms with van der Waals surface area (Å²) in [5.41, 5.74) is 0.779. The lowest BCUT2D eigenvalue weighted by atomic mass is 10.2. The van der Waals surface area contributed by atoms with Gasteiger partial charge in [-0.2, -0.15) is 0 Å². The Balaban J connectivity index is 2.81. The zero-order valence-electron chi connectivity index (χ0n) is 7.65. The van der Waals surface area contributed by atoms with E-state index in [1.807, 2.05) is 0 Å². The number of para-hydroxylation sites is 1. The topological polar surface area (TPSA) is 12.9 Å². The average Bonchev–Trinajstić information content (AvgIpc) is 2.18. The Labute approximate surface area is 117 Å². The second-order valence-corrected chi connectivity index (χ2v) is 6.22. The molecule has 0 radical (unpaired) electrons. The Morgan fingerprint density at radius 3 is 2.31 bits per heavy atom. The Morgan fingerprint density at radius 2 is 1.69 bits per heavy atom. The number of pyridine rings is 1. The standard InChI is InChI=1S/C10H4Cl5N/c11-6-3-1-2-5-7(12)4-8(10(13,14)15)16-9(5)6/h1-4H. The Kier molecular flexibility index (Phi) is 3.44. The molecule has 1 aromatic carbocycles. The minimum absolute atomic E-state index is 0.253. The van der Waals surface area contributed by atoms with Crippen molar-refractivity contribution in [3.63, 3.8) is 0 Å². The molecular weight excluding hydrogens is 311 g/mol. The number of nitrogens with zero attached hydrogens (tertiary/aromatic N) is 1. The van der Waals surface area contributed by atoms with Crippen molar-refractivity contribution in [2.45, 2.75) is 3.79 Å². The molecule has 0 spiro atoms. The highest BCUT2D eigenvalue weighted by atomic mass is 35.6. The highest BCUT2D eigenvalue weighted by Crippen LogP contribution is 2.40. The fraction of sp³-hybridized carbons (Fsp3) is 0.100. The molecule has 0 aliphatic carbocycles. The molecule has 1 aromatic heterocycles. The fourth-order valence-electron chi connectivity index (χ4n) is 1.32. The van der Waals surface area contributed by atoms with Crippen LogP contribution in [0.5, 0.6) is 0 Å². The van der Waals surface area contributed by atoms with E-state index in [2.05, 4.69) is 4.98 Å². The van der Waals surface area contributed by atoms with Crippen molar-refractivity contribution in [2.75, 3.05) is 0 Å². The second-order valence-electron chi connectivity index (χ2n) is 3.12. The Morgan fingerprint density at radius 1 is 1.00 bits per heavy atom. The van der Waals surface area contributed by atoms with Crippen LogP contribution in [-0.2, 0) is 3.79 Å². The van der Waals surface area contributed by atoms with Gasteiger partial charge in [-0.25, -0.2) is 4.98 Å². The van der Waals surface area contributed by atoms with Crippen molar-refractivity contribution in [2.24, 2.45) is 0 Å². The van der Waals surface area contributed by atoms with Crippen molar-refractivity contribution < 1.29 is 0 Å². The van der Waals surface area contributed by atoms with Gasteiger partial charge in [-0.3, -0.25) is 0 Å². The van der Waals surface area contributed by atoms with E-state index >= 15 is 0 Å². The zero-order chi connectivity index (χ0) is 11.9. The molecule has 0 bridgehead atoms. The first-order valence-corrected chi connectivity index (χ1v) is 6.10. The van der Waals surface area contributed by atoms with Crippen LogP contribution in [0.1, 0.15) is 5.69 Å². The van der Waals surface area contributed by atoms with Crippen LogP contribution in [0.4, 0.5) is 0 Å². The van der Waals surface area contributed by atoms with E-state index in [-0.39, 0.29) is 5.69 Å². The Hall–Kier alpha value is 0.0800. The summed E-state index contributed by atoms with van der Waals surface area (Å²) in [7, 11) is 0. The third kappa shape index (κ3) is 2.34. The molecule has 0 amide bonds. The van der Waals surface area contributed by atoms with Crippen molar-refractivity contribution in [1.82, 2.24) is 4.98 Å². The summed E-state index contributed by atoms with van der Waals surface area (Å²) in [4.78, 5) is 4.19. The molecule has 1 nitrogen and oxygen atoms in total.